The van der Waals surface area contributed by atoms with E-state index in [0.29, 0.717) is 37.6 Å². The molecule has 2 fully saturated rings. The Labute approximate surface area is 181 Å². The Kier molecular flexibility index (Phi) is 6.29. The maximum Gasteiger partial charge on any atom is 0.316 e. The molecule has 2 aliphatic rings. The average molecular weight is 451 g/mol. The third-order valence-corrected chi connectivity index (χ3v) is 7.77. The van der Waals surface area contributed by atoms with Gasteiger partial charge in [0.25, 0.3) is 0 Å². The minimum absolute atomic E-state index is 0.0448. The maximum absolute atomic E-state index is 13.7. The highest BCUT2D eigenvalue weighted by Gasteiger charge is 2.29. The first-order valence-corrected chi connectivity index (χ1v) is 12.3. The van der Waals surface area contributed by atoms with Crippen LogP contribution in [0.4, 0.5) is 10.1 Å². The predicted octanol–water partition coefficient (Wildman–Crippen LogP) is 2.16. The first-order chi connectivity index (χ1) is 14.9. The fourth-order valence-corrected chi connectivity index (χ4v) is 5.20. The Morgan fingerprint density at radius 3 is 2.52 bits per heavy atom. The van der Waals surface area contributed by atoms with E-state index in [2.05, 4.69) is 5.10 Å². The van der Waals surface area contributed by atoms with Gasteiger partial charge in [0, 0.05) is 26.2 Å². The summed E-state index contributed by atoms with van der Waals surface area (Å²) in [6.45, 7) is 3.18. The minimum atomic E-state index is -3.25. The van der Waals surface area contributed by atoms with Crippen LogP contribution >= 0.6 is 0 Å². The number of hydrogen-bond donors (Lipinski definition) is 0. The predicted molar refractivity (Wildman–Crippen MR) is 116 cm³/mol. The Morgan fingerprint density at radius 2 is 1.87 bits per heavy atom. The summed E-state index contributed by atoms with van der Waals surface area (Å²) >= 11 is 0. The van der Waals surface area contributed by atoms with Crippen LogP contribution in [0.3, 0.4) is 0 Å². The number of nitrogens with zero attached hydrogens (tertiary/aromatic N) is 4. The topological polar surface area (TPSA) is 84.7 Å². The number of halogens is 1. The fourth-order valence-electron chi connectivity index (χ4n) is 4.12. The fraction of sp³-hybridized carbons (Fsp3) is 0.524. The van der Waals surface area contributed by atoms with Crippen molar-refractivity contribution >= 4 is 15.7 Å². The van der Waals surface area contributed by atoms with E-state index in [1.807, 2.05) is 4.90 Å². The highest BCUT2D eigenvalue weighted by molar-refractivity contribution is 7.89. The Morgan fingerprint density at radius 1 is 1.16 bits per heavy atom. The summed E-state index contributed by atoms with van der Waals surface area (Å²) in [5.41, 5.74) is 0.434. The molecule has 10 heteroatoms. The van der Waals surface area contributed by atoms with Gasteiger partial charge >= 0.3 is 5.56 Å². The van der Waals surface area contributed by atoms with Gasteiger partial charge in [0.1, 0.15) is 11.5 Å². The van der Waals surface area contributed by atoms with E-state index in [-0.39, 0.29) is 17.6 Å². The standard InChI is InChI=1S/C21H27FN4O4S/c1-2-31(28,29)25-12-10-24(11-13-25)19-15-23-26(17-7-5-6-16(22)14-17)21(27)20(19)30-18-8-3-4-9-18/h5-7,14-15,18H,2-4,8-13H2,1H3. The van der Waals surface area contributed by atoms with Crippen LogP contribution in [-0.4, -0.2) is 60.5 Å². The van der Waals surface area contributed by atoms with Crippen molar-refractivity contribution in [2.24, 2.45) is 0 Å². The van der Waals surface area contributed by atoms with Crippen molar-refractivity contribution < 1.29 is 17.5 Å². The van der Waals surface area contributed by atoms with Crippen molar-refractivity contribution in [2.75, 3.05) is 36.8 Å². The number of sulfonamides is 1. The van der Waals surface area contributed by atoms with Crippen LogP contribution in [-0.2, 0) is 10.0 Å². The third-order valence-electron chi connectivity index (χ3n) is 5.89. The molecule has 0 unspecified atom stereocenters. The zero-order chi connectivity index (χ0) is 22.0. The molecule has 0 spiro atoms. The van der Waals surface area contributed by atoms with E-state index >= 15 is 0 Å². The molecule has 2 aromatic rings. The average Bonchev–Trinajstić information content (AvgIpc) is 3.28. The van der Waals surface area contributed by atoms with Crippen LogP contribution in [0.15, 0.2) is 35.3 Å². The molecule has 0 radical (unpaired) electrons. The van der Waals surface area contributed by atoms with Crippen molar-refractivity contribution in [1.29, 1.82) is 0 Å². The first-order valence-electron chi connectivity index (χ1n) is 10.7. The van der Waals surface area contributed by atoms with E-state index in [4.69, 9.17) is 4.74 Å². The van der Waals surface area contributed by atoms with Gasteiger partial charge in [-0.3, -0.25) is 4.79 Å². The molecule has 0 amide bonds. The molecule has 2 heterocycles. The molecule has 1 aliphatic heterocycles. The summed E-state index contributed by atoms with van der Waals surface area (Å²) in [6, 6.07) is 5.70. The summed E-state index contributed by atoms with van der Waals surface area (Å²) in [5, 5.41) is 4.27. The number of aromatic nitrogens is 2. The van der Waals surface area contributed by atoms with E-state index in [0.717, 1.165) is 30.4 Å². The lowest BCUT2D eigenvalue weighted by Crippen LogP contribution is -2.49. The molecular weight excluding hydrogens is 423 g/mol. The number of rotatable bonds is 6. The number of hydrogen-bond acceptors (Lipinski definition) is 6. The molecule has 1 saturated heterocycles. The van der Waals surface area contributed by atoms with Gasteiger partial charge in [0.15, 0.2) is 0 Å². The largest absolute Gasteiger partial charge is 0.483 e. The van der Waals surface area contributed by atoms with Crippen molar-refractivity contribution in [3.63, 3.8) is 0 Å². The van der Waals surface area contributed by atoms with Gasteiger partial charge in [-0.05, 0) is 50.8 Å². The molecule has 1 aromatic carbocycles. The van der Waals surface area contributed by atoms with Crippen LogP contribution in [0.1, 0.15) is 32.6 Å². The molecule has 1 aromatic heterocycles. The lowest BCUT2D eigenvalue weighted by atomic mass is 10.2. The number of piperazine rings is 1. The number of ether oxygens (including phenoxy) is 1. The second-order valence-electron chi connectivity index (χ2n) is 7.87. The summed E-state index contributed by atoms with van der Waals surface area (Å²) in [6.07, 6.45) is 5.37. The smallest absolute Gasteiger partial charge is 0.316 e. The summed E-state index contributed by atoms with van der Waals surface area (Å²) < 4.78 is 46.8. The van der Waals surface area contributed by atoms with Gasteiger partial charge in [-0.25, -0.2) is 12.8 Å². The monoisotopic (exact) mass is 450 g/mol. The molecule has 0 atom stereocenters. The van der Waals surface area contributed by atoms with Crippen LogP contribution in [0.2, 0.25) is 0 Å². The van der Waals surface area contributed by atoms with Crippen molar-refractivity contribution in [2.45, 2.75) is 38.7 Å². The molecular formula is C21H27FN4O4S. The molecule has 0 bridgehead atoms. The highest BCUT2D eigenvalue weighted by Crippen LogP contribution is 2.30. The summed E-state index contributed by atoms with van der Waals surface area (Å²) in [4.78, 5) is 15.3. The quantitative estimate of drug-likeness (QED) is 0.671. The number of benzene rings is 1. The zero-order valence-electron chi connectivity index (χ0n) is 17.5. The second kappa shape index (κ2) is 8.96. The Bertz CT molecular complexity index is 1090. The van der Waals surface area contributed by atoms with Crippen LogP contribution < -0.4 is 15.2 Å². The Balaban J connectivity index is 1.67. The van der Waals surface area contributed by atoms with Crippen molar-refractivity contribution in [3.8, 4) is 11.4 Å². The molecule has 8 nitrogen and oxygen atoms in total. The first kappa shape index (κ1) is 21.8. The van der Waals surface area contributed by atoms with Gasteiger partial charge in [0.05, 0.1) is 23.7 Å². The molecule has 168 valence electrons. The SMILES string of the molecule is CCS(=O)(=O)N1CCN(c2cnn(-c3cccc(F)c3)c(=O)c2OC2CCCC2)CC1. The van der Waals surface area contributed by atoms with Crippen LogP contribution in [0.5, 0.6) is 5.75 Å². The third kappa shape index (κ3) is 4.59. The molecule has 1 aliphatic carbocycles. The van der Waals surface area contributed by atoms with Crippen LogP contribution in [0.25, 0.3) is 5.69 Å². The van der Waals surface area contributed by atoms with Gasteiger partial charge in [0.2, 0.25) is 15.8 Å². The van der Waals surface area contributed by atoms with E-state index in [9.17, 15) is 17.6 Å². The number of anilines is 1. The zero-order valence-corrected chi connectivity index (χ0v) is 18.4. The molecule has 0 N–H and O–H groups in total. The molecule has 4 rings (SSSR count). The highest BCUT2D eigenvalue weighted by atomic mass is 32.2. The van der Waals surface area contributed by atoms with E-state index in [1.165, 1.54) is 22.5 Å². The van der Waals surface area contributed by atoms with Crippen molar-refractivity contribution in [3.05, 3.63) is 46.6 Å². The Hall–Kier alpha value is -2.46. The lowest BCUT2D eigenvalue weighted by Gasteiger charge is -2.35. The van der Waals surface area contributed by atoms with Crippen molar-refractivity contribution in [1.82, 2.24) is 14.1 Å². The summed E-state index contributed by atoms with van der Waals surface area (Å²) in [7, 11) is -3.25. The molecule has 31 heavy (non-hydrogen) atoms. The van der Waals surface area contributed by atoms with Gasteiger partial charge in [-0.1, -0.05) is 6.07 Å². The lowest BCUT2D eigenvalue weighted by molar-refractivity contribution is 0.205. The van der Waals surface area contributed by atoms with Gasteiger partial charge < -0.3 is 9.64 Å². The summed E-state index contributed by atoms with van der Waals surface area (Å²) in [5.74, 6) is -0.200. The maximum atomic E-state index is 13.7. The molecule has 1 saturated carbocycles. The van der Waals surface area contributed by atoms with E-state index in [1.54, 1.807) is 19.2 Å². The minimum Gasteiger partial charge on any atom is -0.483 e. The van der Waals surface area contributed by atoms with E-state index < -0.39 is 21.4 Å². The van der Waals surface area contributed by atoms with Crippen LogP contribution in [0, 0.1) is 5.82 Å². The van der Waals surface area contributed by atoms with Gasteiger partial charge in [-0.15, -0.1) is 0 Å². The normalized spacial score (nSPS) is 18.5. The van der Waals surface area contributed by atoms with Gasteiger partial charge in [-0.2, -0.15) is 14.1 Å². The second-order valence-corrected chi connectivity index (χ2v) is 10.1.